The number of urea groups is 1. The number of thioether (sulfide) groups is 1. The summed E-state index contributed by atoms with van der Waals surface area (Å²) in [7, 11) is 0. The summed E-state index contributed by atoms with van der Waals surface area (Å²) in [5.74, 6) is -0.528. The van der Waals surface area contributed by atoms with Crippen molar-refractivity contribution in [3.05, 3.63) is 29.8 Å². The lowest BCUT2D eigenvalue weighted by atomic mass is 10.3. The quantitative estimate of drug-likeness (QED) is 0.840. The third kappa shape index (κ3) is 2.88. The highest BCUT2D eigenvalue weighted by Gasteiger charge is 2.25. The number of nitrogens with zero attached hydrogens (tertiary/aromatic N) is 1. The lowest BCUT2D eigenvalue weighted by Gasteiger charge is -2.20. The molecule has 1 aliphatic heterocycles. The van der Waals surface area contributed by atoms with E-state index in [0.29, 0.717) is 6.54 Å². The predicted molar refractivity (Wildman–Crippen MR) is 64.0 cm³/mol. The highest BCUT2D eigenvalue weighted by molar-refractivity contribution is 8.00. The maximum absolute atomic E-state index is 12.9. The summed E-state index contributed by atoms with van der Waals surface area (Å²) in [6, 6.07) is 2.63. The zero-order chi connectivity index (χ0) is 12.4. The zero-order valence-corrected chi connectivity index (χ0v) is 10.1. The molecule has 6 heteroatoms. The molecule has 0 saturated carbocycles. The van der Waals surface area contributed by atoms with E-state index in [1.54, 1.807) is 16.7 Å². The van der Waals surface area contributed by atoms with Crippen LogP contribution in [-0.2, 0) is 0 Å². The summed E-state index contributed by atoms with van der Waals surface area (Å²) in [5.41, 5.74) is 0.136. The van der Waals surface area contributed by atoms with Gasteiger partial charge >= 0.3 is 6.03 Å². The fraction of sp³-hybridized carbons (Fsp3) is 0.364. The van der Waals surface area contributed by atoms with Crippen molar-refractivity contribution in [3.8, 4) is 0 Å². The summed E-state index contributed by atoms with van der Waals surface area (Å²) in [6.07, 6.45) is 0. The van der Waals surface area contributed by atoms with Crippen molar-refractivity contribution in [1.82, 2.24) is 4.90 Å². The molecule has 17 heavy (non-hydrogen) atoms. The summed E-state index contributed by atoms with van der Waals surface area (Å²) >= 11 is 1.67. The summed E-state index contributed by atoms with van der Waals surface area (Å²) in [5, 5.41) is 2.58. The minimum atomic E-state index is -0.704. The Bertz CT molecular complexity index is 421. The van der Waals surface area contributed by atoms with E-state index in [9.17, 15) is 13.6 Å². The first-order chi connectivity index (χ1) is 8.06. The number of nitrogens with one attached hydrogen (secondary N) is 1. The van der Waals surface area contributed by atoms with Gasteiger partial charge in [-0.15, -0.1) is 11.8 Å². The van der Waals surface area contributed by atoms with Gasteiger partial charge in [0.25, 0.3) is 0 Å². The van der Waals surface area contributed by atoms with Crippen molar-refractivity contribution in [2.24, 2.45) is 0 Å². The fourth-order valence-electron chi connectivity index (χ4n) is 1.68. The Kier molecular flexibility index (Phi) is 3.51. The molecule has 0 aliphatic carbocycles. The van der Waals surface area contributed by atoms with Gasteiger partial charge in [-0.3, -0.25) is 0 Å². The second kappa shape index (κ2) is 4.91. The number of benzene rings is 1. The van der Waals surface area contributed by atoms with Crippen molar-refractivity contribution < 1.29 is 13.6 Å². The molecule has 1 unspecified atom stereocenters. The standard InChI is InChI=1S/C11H12F2N2OS/c1-7-15(2-3-17-7)11(16)14-10-5-8(12)4-9(13)6-10/h4-7H,2-3H2,1H3,(H,14,16). The van der Waals surface area contributed by atoms with Crippen LogP contribution in [-0.4, -0.2) is 28.6 Å². The van der Waals surface area contributed by atoms with Crippen molar-refractivity contribution in [1.29, 1.82) is 0 Å². The smallest absolute Gasteiger partial charge is 0.312 e. The van der Waals surface area contributed by atoms with Gasteiger partial charge in [0.05, 0.1) is 5.37 Å². The monoisotopic (exact) mass is 258 g/mol. The Morgan fingerprint density at radius 1 is 1.41 bits per heavy atom. The largest absolute Gasteiger partial charge is 0.322 e. The van der Waals surface area contributed by atoms with E-state index >= 15 is 0 Å². The van der Waals surface area contributed by atoms with E-state index in [0.717, 1.165) is 24.0 Å². The fourth-order valence-corrected chi connectivity index (χ4v) is 2.71. The molecule has 1 aromatic carbocycles. The minimum Gasteiger partial charge on any atom is -0.312 e. The SMILES string of the molecule is CC1SCCN1C(=O)Nc1cc(F)cc(F)c1. The first kappa shape index (κ1) is 12.2. The summed E-state index contributed by atoms with van der Waals surface area (Å²) in [4.78, 5) is 13.4. The first-order valence-electron chi connectivity index (χ1n) is 5.21. The molecule has 1 aromatic rings. The number of carbonyl (C=O) groups excluding carboxylic acids is 1. The number of anilines is 1. The van der Waals surface area contributed by atoms with Crippen LogP contribution in [0.4, 0.5) is 19.3 Å². The van der Waals surface area contributed by atoms with Gasteiger partial charge < -0.3 is 10.2 Å². The predicted octanol–water partition coefficient (Wildman–Crippen LogP) is 2.89. The van der Waals surface area contributed by atoms with Crippen molar-refractivity contribution in [2.75, 3.05) is 17.6 Å². The van der Waals surface area contributed by atoms with E-state index in [-0.39, 0.29) is 17.1 Å². The van der Waals surface area contributed by atoms with Crippen LogP contribution >= 0.6 is 11.8 Å². The van der Waals surface area contributed by atoms with E-state index in [1.165, 1.54) is 0 Å². The van der Waals surface area contributed by atoms with Crippen molar-refractivity contribution in [3.63, 3.8) is 0 Å². The van der Waals surface area contributed by atoms with Gasteiger partial charge in [-0.25, -0.2) is 13.6 Å². The van der Waals surface area contributed by atoms with Gasteiger partial charge in [-0.1, -0.05) is 0 Å². The molecule has 0 aromatic heterocycles. The lowest BCUT2D eigenvalue weighted by molar-refractivity contribution is 0.216. The van der Waals surface area contributed by atoms with Gasteiger partial charge in [-0.05, 0) is 19.1 Å². The van der Waals surface area contributed by atoms with Crippen LogP contribution in [0.5, 0.6) is 0 Å². The van der Waals surface area contributed by atoms with Gasteiger partial charge in [-0.2, -0.15) is 0 Å². The summed E-state index contributed by atoms with van der Waals surface area (Å²) < 4.78 is 25.8. The molecule has 3 nitrogen and oxygen atoms in total. The number of carbonyl (C=O) groups is 1. The van der Waals surface area contributed by atoms with Crippen molar-refractivity contribution >= 4 is 23.5 Å². The zero-order valence-electron chi connectivity index (χ0n) is 9.24. The van der Waals surface area contributed by atoms with Crippen LogP contribution in [0.15, 0.2) is 18.2 Å². The number of hydrogen-bond acceptors (Lipinski definition) is 2. The van der Waals surface area contributed by atoms with Crippen LogP contribution in [0.2, 0.25) is 0 Å². The molecule has 2 amide bonds. The Hall–Kier alpha value is -1.30. The second-order valence-corrected chi connectivity index (χ2v) is 5.18. The number of amides is 2. The Balaban J connectivity index is 2.07. The molecule has 1 heterocycles. The summed E-state index contributed by atoms with van der Waals surface area (Å²) in [6.45, 7) is 2.57. The van der Waals surface area contributed by atoms with Gasteiger partial charge in [0.2, 0.25) is 0 Å². The third-order valence-electron chi connectivity index (χ3n) is 2.50. The van der Waals surface area contributed by atoms with Gasteiger partial charge in [0.15, 0.2) is 0 Å². The average molecular weight is 258 g/mol. The van der Waals surface area contributed by atoms with Gasteiger partial charge in [0.1, 0.15) is 11.6 Å². The molecule has 1 aliphatic rings. The molecule has 0 bridgehead atoms. The topological polar surface area (TPSA) is 32.3 Å². The molecule has 0 spiro atoms. The van der Waals surface area contributed by atoms with Gasteiger partial charge in [0, 0.05) is 24.1 Å². The number of rotatable bonds is 1. The number of halogens is 2. The number of hydrogen-bond donors (Lipinski definition) is 1. The maximum Gasteiger partial charge on any atom is 0.322 e. The molecule has 1 atom stereocenters. The lowest BCUT2D eigenvalue weighted by Crippen LogP contribution is -2.36. The first-order valence-corrected chi connectivity index (χ1v) is 6.26. The molecular weight excluding hydrogens is 246 g/mol. The molecule has 0 radical (unpaired) electrons. The molecule has 1 N–H and O–H groups in total. The van der Waals surface area contributed by atoms with E-state index in [2.05, 4.69) is 5.32 Å². The second-order valence-electron chi connectivity index (χ2n) is 3.75. The Morgan fingerprint density at radius 2 is 2.06 bits per heavy atom. The van der Waals surface area contributed by atoms with Crippen LogP contribution in [0.25, 0.3) is 0 Å². The Labute approximate surface area is 102 Å². The average Bonchev–Trinajstić information content (AvgIpc) is 2.62. The molecule has 92 valence electrons. The Morgan fingerprint density at radius 3 is 2.59 bits per heavy atom. The van der Waals surface area contributed by atoms with E-state index in [4.69, 9.17) is 0 Å². The van der Waals surface area contributed by atoms with Crippen molar-refractivity contribution in [2.45, 2.75) is 12.3 Å². The third-order valence-corrected chi connectivity index (χ3v) is 3.66. The maximum atomic E-state index is 12.9. The van der Waals surface area contributed by atoms with E-state index < -0.39 is 11.6 Å². The van der Waals surface area contributed by atoms with Crippen LogP contribution in [0.1, 0.15) is 6.92 Å². The molecule has 1 saturated heterocycles. The highest BCUT2D eigenvalue weighted by Crippen LogP contribution is 2.24. The molecule has 2 rings (SSSR count). The molecule has 1 fully saturated rings. The van der Waals surface area contributed by atoms with Crippen LogP contribution < -0.4 is 5.32 Å². The highest BCUT2D eigenvalue weighted by atomic mass is 32.2. The van der Waals surface area contributed by atoms with E-state index in [1.807, 2.05) is 6.92 Å². The van der Waals surface area contributed by atoms with Crippen LogP contribution in [0.3, 0.4) is 0 Å². The van der Waals surface area contributed by atoms with Crippen LogP contribution in [0, 0.1) is 11.6 Å². The normalized spacial score (nSPS) is 19.5. The molecular formula is C11H12F2N2OS. The minimum absolute atomic E-state index is 0.0911.